The zero-order chi connectivity index (χ0) is 19.7. The van der Waals surface area contributed by atoms with Crippen LogP contribution < -0.4 is 25.0 Å². The molecule has 2 amide bonds. The number of aromatic nitrogens is 1. The van der Waals surface area contributed by atoms with Gasteiger partial charge in [0.2, 0.25) is 0 Å². The average molecular weight is 378 g/mol. The van der Waals surface area contributed by atoms with E-state index in [0.29, 0.717) is 23.5 Å². The Morgan fingerprint density at radius 3 is 2.33 bits per heavy atom. The third-order valence-electron chi connectivity index (χ3n) is 4.45. The summed E-state index contributed by atoms with van der Waals surface area (Å²) in [5, 5.41) is 0. The molecule has 0 fully saturated rings. The van der Waals surface area contributed by atoms with E-state index in [0.717, 1.165) is 11.0 Å². The number of benzene rings is 1. The molecule has 0 aliphatic carbocycles. The van der Waals surface area contributed by atoms with Crippen LogP contribution in [-0.4, -0.2) is 31.8 Å². The highest BCUT2D eigenvalue weighted by Gasteiger charge is 2.36. The summed E-state index contributed by atoms with van der Waals surface area (Å²) in [6.07, 6.45) is 1.56. The lowest BCUT2D eigenvalue weighted by Crippen LogP contribution is -2.48. The van der Waals surface area contributed by atoms with Crippen LogP contribution in [0.25, 0.3) is 0 Å². The summed E-state index contributed by atoms with van der Waals surface area (Å²) < 4.78 is 39.7. The maximum Gasteiger partial charge on any atom is 0.329 e. The molecule has 1 aromatic heterocycles. The van der Waals surface area contributed by atoms with Gasteiger partial charge in [0.05, 0.1) is 32.1 Å². The number of fused-ring (bicyclic) bond motifs is 1. The molecule has 0 bridgehead atoms. The van der Waals surface area contributed by atoms with Crippen molar-refractivity contribution in [2.24, 2.45) is 5.73 Å². The summed E-state index contributed by atoms with van der Waals surface area (Å²) >= 11 is 0. The molecule has 1 aliphatic rings. The van der Waals surface area contributed by atoms with E-state index in [1.165, 1.54) is 19.1 Å². The van der Waals surface area contributed by atoms with Gasteiger partial charge in [0.25, 0.3) is 0 Å². The Morgan fingerprint density at radius 2 is 1.81 bits per heavy atom. The summed E-state index contributed by atoms with van der Waals surface area (Å²) in [6, 6.07) is 2.25. The van der Waals surface area contributed by atoms with Gasteiger partial charge in [-0.05, 0) is 13.0 Å². The van der Waals surface area contributed by atoms with E-state index < -0.39 is 23.4 Å². The van der Waals surface area contributed by atoms with Crippen molar-refractivity contribution in [1.29, 1.82) is 0 Å². The molecule has 2 N–H and O–H groups in total. The lowest BCUT2D eigenvalue weighted by Gasteiger charge is -2.37. The number of rotatable bonds is 5. The number of amides is 2. The Bertz CT molecular complexity index is 863. The highest BCUT2D eigenvalue weighted by atomic mass is 19.1. The number of hydrogen-bond donors (Lipinski definition) is 1. The molecule has 0 radical (unpaired) electrons. The molecule has 144 valence electrons. The molecular formula is C18H20F2N4O3. The number of urea groups is 1. The minimum absolute atomic E-state index is 0.0489. The van der Waals surface area contributed by atoms with Crippen molar-refractivity contribution >= 4 is 17.4 Å². The van der Waals surface area contributed by atoms with Crippen molar-refractivity contribution in [2.75, 3.05) is 30.6 Å². The van der Waals surface area contributed by atoms with Gasteiger partial charge in [-0.1, -0.05) is 0 Å². The number of nitrogens with zero attached hydrogens (tertiary/aromatic N) is 3. The third kappa shape index (κ3) is 3.03. The number of anilines is 2. The highest BCUT2D eigenvalue weighted by Crippen LogP contribution is 2.40. The minimum Gasteiger partial charge on any atom is -0.493 e. The number of methoxy groups -OCH3 is 2. The predicted octanol–water partition coefficient (Wildman–Crippen LogP) is 2.80. The number of carbonyl (C=O) groups excluding carboxylic acids is 1. The van der Waals surface area contributed by atoms with Crippen LogP contribution >= 0.6 is 0 Å². The van der Waals surface area contributed by atoms with E-state index in [1.807, 2.05) is 0 Å². The molecule has 3 rings (SSSR count). The largest absolute Gasteiger partial charge is 0.493 e. The molecule has 0 saturated heterocycles. The van der Waals surface area contributed by atoms with Crippen LogP contribution in [0.4, 0.5) is 25.0 Å². The van der Waals surface area contributed by atoms with Crippen LogP contribution in [-0.2, 0) is 13.1 Å². The van der Waals surface area contributed by atoms with E-state index in [1.54, 1.807) is 19.2 Å². The lowest BCUT2D eigenvalue weighted by atomic mass is 10.1. The molecule has 0 unspecified atom stereocenters. The van der Waals surface area contributed by atoms with Gasteiger partial charge in [0.1, 0.15) is 5.69 Å². The van der Waals surface area contributed by atoms with Gasteiger partial charge >= 0.3 is 6.03 Å². The summed E-state index contributed by atoms with van der Waals surface area (Å²) in [7, 11) is 2.51. The molecule has 1 aliphatic heterocycles. The molecule has 0 saturated carbocycles. The number of pyridine rings is 1. The molecule has 2 heterocycles. The number of nitrogens with two attached hydrogens (primary N) is 1. The molecule has 2 aromatic rings. The molecule has 0 spiro atoms. The van der Waals surface area contributed by atoms with Crippen molar-refractivity contribution in [3.05, 3.63) is 41.2 Å². The van der Waals surface area contributed by atoms with Crippen LogP contribution in [0.15, 0.2) is 18.3 Å². The SMILES string of the molecule is CCN1C(=O)N(c2c(F)c(OC)cc(OC)c2F)Cc2cnc(CN)cc21. The van der Waals surface area contributed by atoms with Crippen molar-refractivity contribution in [1.82, 2.24) is 4.98 Å². The van der Waals surface area contributed by atoms with E-state index in [2.05, 4.69) is 4.98 Å². The average Bonchev–Trinajstić information content (AvgIpc) is 2.68. The topological polar surface area (TPSA) is 80.9 Å². The van der Waals surface area contributed by atoms with Crippen LogP contribution in [0.1, 0.15) is 18.2 Å². The van der Waals surface area contributed by atoms with Crippen molar-refractivity contribution in [2.45, 2.75) is 20.0 Å². The lowest BCUT2D eigenvalue weighted by molar-refractivity contribution is 0.249. The van der Waals surface area contributed by atoms with Gasteiger partial charge in [0.15, 0.2) is 23.1 Å². The number of halogens is 2. The Morgan fingerprint density at radius 1 is 1.19 bits per heavy atom. The maximum atomic E-state index is 14.9. The smallest absolute Gasteiger partial charge is 0.329 e. The summed E-state index contributed by atoms with van der Waals surface area (Å²) in [5.41, 5.74) is 6.99. The molecule has 0 atom stereocenters. The summed E-state index contributed by atoms with van der Waals surface area (Å²) in [5.74, 6) is -2.40. The first-order valence-corrected chi connectivity index (χ1v) is 8.33. The maximum absolute atomic E-state index is 14.9. The molecule has 7 nitrogen and oxygen atoms in total. The third-order valence-corrected chi connectivity index (χ3v) is 4.45. The molecular weight excluding hydrogens is 358 g/mol. The van der Waals surface area contributed by atoms with Crippen molar-refractivity contribution in [3.63, 3.8) is 0 Å². The highest BCUT2D eigenvalue weighted by molar-refractivity contribution is 6.06. The van der Waals surface area contributed by atoms with E-state index in [-0.39, 0.29) is 24.6 Å². The van der Waals surface area contributed by atoms with Crippen molar-refractivity contribution in [3.8, 4) is 11.5 Å². The van der Waals surface area contributed by atoms with Crippen LogP contribution in [0.2, 0.25) is 0 Å². The van der Waals surface area contributed by atoms with Gasteiger partial charge in [0, 0.05) is 30.9 Å². The predicted molar refractivity (Wildman–Crippen MR) is 96.2 cm³/mol. The molecule has 1 aromatic carbocycles. The minimum atomic E-state index is -0.977. The zero-order valence-corrected chi connectivity index (χ0v) is 15.3. The van der Waals surface area contributed by atoms with Crippen LogP contribution in [0.5, 0.6) is 11.5 Å². The summed E-state index contributed by atoms with van der Waals surface area (Å²) in [4.78, 5) is 19.7. The number of ether oxygens (including phenoxy) is 2. The second-order valence-electron chi connectivity index (χ2n) is 5.88. The van der Waals surface area contributed by atoms with Gasteiger partial charge in [-0.25, -0.2) is 13.6 Å². The Kier molecular flexibility index (Phi) is 5.13. The van der Waals surface area contributed by atoms with Crippen molar-refractivity contribution < 1.29 is 23.0 Å². The fourth-order valence-electron chi connectivity index (χ4n) is 3.08. The second kappa shape index (κ2) is 7.36. The van der Waals surface area contributed by atoms with E-state index in [4.69, 9.17) is 15.2 Å². The Balaban J connectivity index is 2.17. The fraction of sp³-hybridized carbons (Fsp3) is 0.333. The van der Waals surface area contributed by atoms with Gasteiger partial charge < -0.3 is 15.2 Å². The normalized spacial score (nSPS) is 13.6. The van der Waals surface area contributed by atoms with Crippen LogP contribution in [0.3, 0.4) is 0 Å². The zero-order valence-electron chi connectivity index (χ0n) is 15.3. The first-order chi connectivity index (χ1) is 13.0. The molecule has 27 heavy (non-hydrogen) atoms. The van der Waals surface area contributed by atoms with Gasteiger partial charge in [-0.15, -0.1) is 0 Å². The van der Waals surface area contributed by atoms with Crippen LogP contribution in [0, 0.1) is 11.6 Å². The quantitative estimate of drug-likeness (QED) is 0.865. The summed E-state index contributed by atoms with van der Waals surface area (Å²) in [6.45, 7) is 2.25. The number of hydrogen-bond acceptors (Lipinski definition) is 5. The molecule has 9 heteroatoms. The first-order valence-electron chi connectivity index (χ1n) is 8.33. The first kappa shape index (κ1) is 18.8. The second-order valence-corrected chi connectivity index (χ2v) is 5.88. The number of carbonyl (C=O) groups is 1. The fourth-order valence-corrected chi connectivity index (χ4v) is 3.08. The van der Waals surface area contributed by atoms with E-state index >= 15 is 0 Å². The standard InChI is InChI=1S/C18H20F2N4O3/c1-4-23-12-5-11(7-21)22-8-10(12)9-24(18(23)25)17-15(19)13(26-2)6-14(27-3)16(17)20/h5-6,8H,4,7,9,21H2,1-3H3. The van der Waals surface area contributed by atoms with E-state index in [9.17, 15) is 13.6 Å². The van der Waals surface area contributed by atoms with Gasteiger partial charge in [-0.3, -0.25) is 14.8 Å². The Labute approximate surface area is 155 Å². The Hall–Kier alpha value is -2.94. The monoisotopic (exact) mass is 378 g/mol. The van der Waals surface area contributed by atoms with Gasteiger partial charge in [-0.2, -0.15) is 0 Å².